The van der Waals surface area contributed by atoms with Gasteiger partial charge in [0.05, 0.1) is 16.1 Å². The van der Waals surface area contributed by atoms with Gasteiger partial charge >= 0.3 is 11.5 Å². The van der Waals surface area contributed by atoms with E-state index in [1.807, 2.05) is 0 Å². The molecule has 1 N–H and O–H groups in total. The zero-order valence-corrected chi connectivity index (χ0v) is 20.0. The molecule has 0 bridgehead atoms. The average molecular weight is 533 g/mol. The molecule has 4 rings (SSSR count). The fraction of sp³-hybridized carbons (Fsp3) is 0.167. The Balaban J connectivity index is 1.57. The van der Waals surface area contributed by atoms with Crippen molar-refractivity contribution < 1.29 is 36.0 Å². The summed E-state index contributed by atoms with van der Waals surface area (Å²) in [4.78, 5) is 43.8. The smallest absolute Gasteiger partial charge is 0.322 e. The Bertz CT molecular complexity index is 1460. The summed E-state index contributed by atoms with van der Waals surface area (Å²) in [5, 5.41) is 2.73. The third-order valence-corrected chi connectivity index (χ3v) is 7.22. The van der Waals surface area contributed by atoms with Gasteiger partial charge in [-0.25, -0.2) is 18.1 Å². The van der Waals surface area contributed by atoms with Gasteiger partial charge in [-0.05, 0) is 55.0 Å². The maximum atomic E-state index is 13.2. The quantitative estimate of drug-likeness (QED) is 0.480. The largest absolute Gasteiger partial charge is 0.501 e. The van der Waals surface area contributed by atoms with E-state index in [0.717, 1.165) is 17.0 Å². The van der Waals surface area contributed by atoms with Crippen molar-refractivity contribution in [3.63, 3.8) is 0 Å². The molecule has 1 atom stereocenters. The van der Waals surface area contributed by atoms with Crippen molar-refractivity contribution in [1.29, 1.82) is 0 Å². The highest BCUT2D eigenvalue weighted by molar-refractivity contribution is 7.92. The maximum Gasteiger partial charge on any atom is 0.501 e. The highest BCUT2D eigenvalue weighted by atomic mass is 32.2. The van der Waals surface area contributed by atoms with Crippen molar-refractivity contribution in [1.82, 2.24) is 9.88 Å². The van der Waals surface area contributed by atoms with E-state index < -0.39 is 44.1 Å². The van der Waals surface area contributed by atoms with Crippen LogP contribution in [0.2, 0.25) is 0 Å². The van der Waals surface area contributed by atoms with Crippen LogP contribution >= 0.6 is 0 Å². The van der Waals surface area contributed by atoms with Crippen LogP contribution in [0.1, 0.15) is 22.8 Å². The minimum absolute atomic E-state index is 0.0951. The second-order valence-electron chi connectivity index (χ2n) is 8.06. The monoisotopic (exact) mass is 532 g/mol. The Hall–Kier alpha value is -4.26. The number of hydrogen-bond acceptors (Lipinski definition) is 6. The zero-order chi connectivity index (χ0) is 27.0. The zero-order valence-electron chi connectivity index (χ0n) is 19.1. The molecule has 192 valence electrons. The minimum atomic E-state index is -5.58. The molecule has 13 heteroatoms. The van der Waals surface area contributed by atoms with Crippen LogP contribution in [0.25, 0.3) is 0 Å². The second kappa shape index (κ2) is 9.65. The number of benzene rings is 2. The first-order chi connectivity index (χ1) is 17.4. The van der Waals surface area contributed by atoms with Gasteiger partial charge in [0.2, 0.25) is 0 Å². The van der Waals surface area contributed by atoms with Crippen molar-refractivity contribution in [3.8, 4) is 0 Å². The van der Waals surface area contributed by atoms with E-state index in [2.05, 4.69) is 10.3 Å². The Morgan fingerprint density at radius 1 is 1.03 bits per heavy atom. The Kier molecular flexibility index (Phi) is 6.74. The molecule has 37 heavy (non-hydrogen) atoms. The van der Waals surface area contributed by atoms with Crippen LogP contribution in [0.4, 0.5) is 29.3 Å². The van der Waals surface area contributed by atoms with Crippen molar-refractivity contribution >= 4 is 39.1 Å². The molecule has 0 saturated carbocycles. The number of halogens is 3. The normalized spacial score (nSPS) is 16.3. The Morgan fingerprint density at radius 2 is 1.68 bits per heavy atom. The van der Waals surface area contributed by atoms with Crippen LogP contribution < -0.4 is 10.2 Å². The summed E-state index contributed by atoms with van der Waals surface area (Å²) in [6, 6.07) is 11.7. The molecule has 0 aliphatic carbocycles. The van der Waals surface area contributed by atoms with Crippen LogP contribution in [0.5, 0.6) is 0 Å². The number of alkyl halides is 3. The molecule has 1 aromatic heterocycles. The van der Waals surface area contributed by atoms with Crippen LogP contribution in [-0.4, -0.2) is 47.7 Å². The van der Waals surface area contributed by atoms with Gasteiger partial charge in [0.15, 0.2) is 0 Å². The van der Waals surface area contributed by atoms with Gasteiger partial charge in [-0.1, -0.05) is 18.2 Å². The molecule has 3 aromatic rings. The van der Waals surface area contributed by atoms with E-state index in [4.69, 9.17) is 0 Å². The number of imide groups is 1. The molecule has 1 aliphatic rings. The molecular formula is C24H19F3N4O5S. The molecule has 1 unspecified atom stereocenters. The predicted molar refractivity (Wildman–Crippen MR) is 126 cm³/mol. The van der Waals surface area contributed by atoms with Gasteiger partial charge in [-0.2, -0.15) is 13.2 Å². The molecule has 9 nitrogen and oxygen atoms in total. The van der Waals surface area contributed by atoms with Gasteiger partial charge in [0, 0.05) is 24.6 Å². The molecule has 2 aromatic carbocycles. The Labute approximate surface area is 209 Å². The number of carbonyl (C=O) groups excluding carboxylic acids is 3. The summed E-state index contributed by atoms with van der Waals surface area (Å²) in [7, 11) is -5.58. The highest BCUT2D eigenvalue weighted by Gasteiger charge is 2.47. The molecule has 1 fully saturated rings. The van der Waals surface area contributed by atoms with Crippen LogP contribution in [-0.2, 0) is 21.2 Å². The lowest BCUT2D eigenvalue weighted by Crippen LogP contribution is -2.34. The van der Waals surface area contributed by atoms with E-state index in [0.29, 0.717) is 23.4 Å². The number of pyridine rings is 1. The van der Waals surface area contributed by atoms with E-state index in [-0.39, 0.29) is 17.8 Å². The second-order valence-corrected chi connectivity index (χ2v) is 10.00. The standard InChI is InChI=1S/C24H19F3N4O5S/c1-15-22(33)31(18-7-9-19(10-8-18)37(35,36)24(25,26)27)23(34)30(15)14-16-11-12-28-13-20(16)21(32)29-17-5-3-2-4-6-17/h2-13,15H,14H2,1H3,(H,29,32). The van der Waals surface area contributed by atoms with E-state index >= 15 is 0 Å². The lowest BCUT2D eigenvalue weighted by atomic mass is 10.1. The van der Waals surface area contributed by atoms with E-state index in [9.17, 15) is 36.0 Å². The summed E-state index contributed by atoms with van der Waals surface area (Å²) < 4.78 is 61.7. The number of hydrogen-bond donors (Lipinski definition) is 1. The predicted octanol–water partition coefficient (Wildman–Crippen LogP) is 3.98. The first-order valence-electron chi connectivity index (χ1n) is 10.8. The molecule has 2 heterocycles. The fourth-order valence-corrected chi connectivity index (χ4v) is 4.49. The number of amides is 4. The van der Waals surface area contributed by atoms with Gasteiger partial charge in [0.1, 0.15) is 6.04 Å². The van der Waals surface area contributed by atoms with Crippen molar-refractivity contribution in [2.24, 2.45) is 0 Å². The summed E-state index contributed by atoms with van der Waals surface area (Å²) in [6.45, 7) is 1.33. The number of anilines is 2. The summed E-state index contributed by atoms with van der Waals surface area (Å²) in [6.07, 6.45) is 2.76. The minimum Gasteiger partial charge on any atom is -0.322 e. The SMILES string of the molecule is CC1C(=O)N(c2ccc(S(=O)(=O)C(F)(F)F)cc2)C(=O)N1Cc1ccncc1C(=O)Nc1ccccc1. The van der Waals surface area contributed by atoms with Gasteiger partial charge in [-0.15, -0.1) is 0 Å². The number of aromatic nitrogens is 1. The molecule has 1 aliphatic heterocycles. The van der Waals surface area contributed by atoms with Crippen LogP contribution in [0.3, 0.4) is 0 Å². The van der Waals surface area contributed by atoms with Crippen molar-refractivity contribution in [2.75, 3.05) is 10.2 Å². The Morgan fingerprint density at radius 3 is 2.30 bits per heavy atom. The third kappa shape index (κ3) is 4.89. The molecule has 4 amide bonds. The summed E-state index contributed by atoms with van der Waals surface area (Å²) >= 11 is 0. The van der Waals surface area contributed by atoms with Crippen molar-refractivity contribution in [3.05, 3.63) is 84.2 Å². The average Bonchev–Trinajstić information content (AvgIpc) is 3.07. The number of carbonyl (C=O) groups is 3. The first kappa shape index (κ1) is 25.8. The topological polar surface area (TPSA) is 117 Å². The van der Waals surface area contributed by atoms with Gasteiger partial charge in [0.25, 0.3) is 21.7 Å². The maximum absolute atomic E-state index is 13.2. The number of para-hydroxylation sites is 1. The number of sulfone groups is 1. The van der Waals surface area contributed by atoms with E-state index in [1.165, 1.54) is 30.3 Å². The summed E-state index contributed by atoms with van der Waals surface area (Å²) in [5.41, 5.74) is -4.45. The number of urea groups is 1. The van der Waals surface area contributed by atoms with Gasteiger partial charge in [-0.3, -0.25) is 14.6 Å². The molecule has 1 saturated heterocycles. The van der Waals surface area contributed by atoms with Gasteiger partial charge < -0.3 is 10.2 Å². The van der Waals surface area contributed by atoms with E-state index in [1.54, 1.807) is 30.3 Å². The highest BCUT2D eigenvalue weighted by Crippen LogP contribution is 2.33. The number of nitrogens with one attached hydrogen (secondary N) is 1. The van der Waals surface area contributed by atoms with Crippen LogP contribution in [0.15, 0.2) is 78.0 Å². The fourth-order valence-electron chi connectivity index (χ4n) is 3.73. The summed E-state index contributed by atoms with van der Waals surface area (Å²) in [5.74, 6) is -1.14. The first-order valence-corrected chi connectivity index (χ1v) is 12.3. The third-order valence-electron chi connectivity index (χ3n) is 5.72. The lowest BCUT2D eigenvalue weighted by Gasteiger charge is -2.21. The molecule has 0 spiro atoms. The molecule has 0 radical (unpaired) electrons. The van der Waals surface area contributed by atoms with Crippen molar-refractivity contribution in [2.45, 2.75) is 29.9 Å². The molecular weight excluding hydrogens is 513 g/mol. The van der Waals surface area contributed by atoms with Crippen LogP contribution in [0, 0.1) is 0 Å². The number of nitrogens with zero attached hydrogens (tertiary/aromatic N) is 3. The lowest BCUT2D eigenvalue weighted by molar-refractivity contribution is -0.119. The number of rotatable bonds is 6.